The monoisotopic (exact) mass is 335 g/mol. The Morgan fingerprint density at radius 3 is 2.50 bits per heavy atom. The zero-order valence-corrected chi connectivity index (χ0v) is 13.7. The third-order valence-corrected chi connectivity index (χ3v) is 3.49. The summed E-state index contributed by atoms with van der Waals surface area (Å²) in [5.74, 6) is -0.301. The third kappa shape index (κ3) is 3.31. The second-order valence-electron chi connectivity index (χ2n) is 5.70. The molecule has 0 saturated carbocycles. The van der Waals surface area contributed by atoms with Gasteiger partial charge in [0.05, 0.1) is 5.56 Å². The molecule has 0 bridgehead atoms. The molecule has 1 N–H and O–H groups in total. The van der Waals surface area contributed by atoms with Gasteiger partial charge in [0.2, 0.25) is 0 Å². The van der Waals surface area contributed by atoms with Crippen LogP contribution in [-0.4, -0.2) is 16.6 Å². The van der Waals surface area contributed by atoms with Crippen LogP contribution < -0.4 is 0 Å². The van der Waals surface area contributed by atoms with Crippen molar-refractivity contribution in [3.8, 4) is 11.3 Å². The van der Waals surface area contributed by atoms with Crippen LogP contribution in [0.1, 0.15) is 36.8 Å². The molecular weight excluding hydrogens is 318 g/mol. The molecule has 0 amide bonds. The van der Waals surface area contributed by atoms with E-state index in [-0.39, 0.29) is 5.97 Å². The number of rotatable bonds is 2. The van der Waals surface area contributed by atoms with Crippen molar-refractivity contribution in [3.63, 3.8) is 0 Å². The van der Waals surface area contributed by atoms with Gasteiger partial charge in [0.25, 0.3) is 0 Å². The molecule has 3 nitrogen and oxygen atoms in total. The van der Waals surface area contributed by atoms with Crippen molar-refractivity contribution in [3.05, 3.63) is 46.1 Å². The standard InChI is InChI=1S/C16H18BrNO2/c1-10-12(15(19)20-16(2,3)4)9-14(18-10)11-7-5-6-8-13(11)17/h5-9,18H,1-4H3. The van der Waals surface area contributed by atoms with Gasteiger partial charge in [-0.15, -0.1) is 0 Å². The number of esters is 1. The Kier molecular flexibility index (Phi) is 4.04. The molecule has 0 radical (unpaired) electrons. The van der Waals surface area contributed by atoms with Crippen molar-refractivity contribution >= 4 is 21.9 Å². The van der Waals surface area contributed by atoms with Gasteiger partial charge in [-0.25, -0.2) is 4.79 Å². The Morgan fingerprint density at radius 1 is 1.25 bits per heavy atom. The van der Waals surface area contributed by atoms with Crippen molar-refractivity contribution < 1.29 is 9.53 Å². The average Bonchev–Trinajstić information content (AvgIpc) is 2.69. The Balaban J connectivity index is 2.36. The molecule has 1 aromatic carbocycles. The van der Waals surface area contributed by atoms with E-state index in [0.717, 1.165) is 21.4 Å². The van der Waals surface area contributed by atoms with Crippen LogP contribution in [0.25, 0.3) is 11.3 Å². The van der Waals surface area contributed by atoms with E-state index in [1.165, 1.54) is 0 Å². The molecule has 0 saturated heterocycles. The number of halogens is 1. The highest BCUT2D eigenvalue weighted by atomic mass is 79.9. The van der Waals surface area contributed by atoms with Gasteiger partial charge in [0, 0.05) is 21.4 Å². The Bertz CT molecular complexity index is 638. The molecule has 0 atom stereocenters. The SMILES string of the molecule is Cc1[nH]c(-c2ccccc2Br)cc1C(=O)OC(C)(C)C. The quantitative estimate of drug-likeness (QED) is 0.807. The fourth-order valence-electron chi connectivity index (χ4n) is 1.93. The van der Waals surface area contributed by atoms with Gasteiger partial charge in [-0.1, -0.05) is 34.1 Å². The first-order valence-electron chi connectivity index (χ1n) is 6.46. The lowest BCUT2D eigenvalue weighted by atomic mass is 10.1. The van der Waals surface area contributed by atoms with Crippen LogP contribution in [0.3, 0.4) is 0 Å². The number of hydrogen-bond donors (Lipinski definition) is 1. The summed E-state index contributed by atoms with van der Waals surface area (Å²) >= 11 is 3.52. The van der Waals surface area contributed by atoms with Gasteiger partial charge < -0.3 is 9.72 Å². The maximum atomic E-state index is 12.2. The Morgan fingerprint density at radius 2 is 1.90 bits per heavy atom. The Labute approximate surface area is 127 Å². The summed E-state index contributed by atoms with van der Waals surface area (Å²) in [6.07, 6.45) is 0. The minimum atomic E-state index is -0.492. The second kappa shape index (κ2) is 5.44. The summed E-state index contributed by atoms with van der Waals surface area (Å²) in [6, 6.07) is 9.72. The molecule has 2 aromatic rings. The highest BCUT2D eigenvalue weighted by molar-refractivity contribution is 9.10. The number of H-pyrrole nitrogens is 1. The van der Waals surface area contributed by atoms with Gasteiger partial charge in [-0.3, -0.25) is 0 Å². The van der Waals surface area contributed by atoms with E-state index in [9.17, 15) is 4.79 Å². The van der Waals surface area contributed by atoms with Crippen molar-refractivity contribution in [2.75, 3.05) is 0 Å². The van der Waals surface area contributed by atoms with Gasteiger partial charge in [0.15, 0.2) is 0 Å². The Hall–Kier alpha value is -1.55. The van der Waals surface area contributed by atoms with Crippen molar-refractivity contribution in [1.29, 1.82) is 0 Å². The molecule has 1 heterocycles. The van der Waals surface area contributed by atoms with Crippen LogP contribution in [-0.2, 0) is 4.74 Å². The fourth-order valence-corrected chi connectivity index (χ4v) is 2.43. The van der Waals surface area contributed by atoms with E-state index in [1.54, 1.807) is 0 Å². The van der Waals surface area contributed by atoms with Crippen LogP contribution in [0.2, 0.25) is 0 Å². The molecular formula is C16H18BrNO2. The summed E-state index contributed by atoms with van der Waals surface area (Å²) in [7, 11) is 0. The highest BCUT2D eigenvalue weighted by Gasteiger charge is 2.21. The number of nitrogens with one attached hydrogen (secondary N) is 1. The molecule has 0 fully saturated rings. The summed E-state index contributed by atoms with van der Waals surface area (Å²) in [4.78, 5) is 15.4. The second-order valence-corrected chi connectivity index (χ2v) is 6.56. The predicted octanol–water partition coefficient (Wildman–Crippen LogP) is 4.71. The minimum Gasteiger partial charge on any atom is -0.456 e. The van der Waals surface area contributed by atoms with Gasteiger partial charge in [-0.2, -0.15) is 0 Å². The lowest BCUT2D eigenvalue weighted by Crippen LogP contribution is -2.24. The van der Waals surface area contributed by atoms with Crippen LogP contribution in [0.15, 0.2) is 34.8 Å². The zero-order chi connectivity index (χ0) is 14.9. The van der Waals surface area contributed by atoms with Crippen molar-refractivity contribution in [2.24, 2.45) is 0 Å². The number of carbonyl (C=O) groups excluding carboxylic acids is 1. The molecule has 1 aromatic heterocycles. The number of ether oxygens (including phenoxy) is 1. The average molecular weight is 336 g/mol. The maximum Gasteiger partial charge on any atom is 0.340 e. The minimum absolute atomic E-state index is 0.301. The highest BCUT2D eigenvalue weighted by Crippen LogP contribution is 2.29. The van der Waals surface area contributed by atoms with E-state index >= 15 is 0 Å². The molecule has 20 heavy (non-hydrogen) atoms. The van der Waals surface area contributed by atoms with E-state index < -0.39 is 5.60 Å². The molecule has 106 valence electrons. The zero-order valence-electron chi connectivity index (χ0n) is 12.1. The maximum absolute atomic E-state index is 12.2. The fraction of sp³-hybridized carbons (Fsp3) is 0.312. The summed E-state index contributed by atoms with van der Waals surface area (Å²) in [6.45, 7) is 7.46. The normalized spacial score (nSPS) is 11.4. The number of benzene rings is 1. The number of aryl methyl sites for hydroxylation is 1. The molecule has 0 spiro atoms. The molecule has 2 rings (SSSR count). The number of aromatic nitrogens is 1. The van der Waals surface area contributed by atoms with Crippen LogP contribution in [0.5, 0.6) is 0 Å². The lowest BCUT2D eigenvalue weighted by Gasteiger charge is -2.19. The predicted molar refractivity (Wildman–Crippen MR) is 83.8 cm³/mol. The summed E-state index contributed by atoms with van der Waals surface area (Å²) < 4.78 is 6.40. The molecule has 0 aliphatic heterocycles. The van der Waals surface area contributed by atoms with Crippen LogP contribution in [0, 0.1) is 6.92 Å². The van der Waals surface area contributed by atoms with Crippen LogP contribution >= 0.6 is 15.9 Å². The topological polar surface area (TPSA) is 42.1 Å². The summed E-state index contributed by atoms with van der Waals surface area (Å²) in [5.41, 5.74) is 2.81. The third-order valence-electron chi connectivity index (χ3n) is 2.80. The van der Waals surface area contributed by atoms with E-state index in [0.29, 0.717) is 5.56 Å². The van der Waals surface area contributed by atoms with E-state index in [2.05, 4.69) is 20.9 Å². The number of carbonyl (C=O) groups is 1. The number of aromatic amines is 1. The van der Waals surface area contributed by atoms with Gasteiger partial charge >= 0.3 is 5.97 Å². The first kappa shape index (κ1) is 14.9. The first-order chi connectivity index (χ1) is 9.28. The largest absolute Gasteiger partial charge is 0.456 e. The van der Waals surface area contributed by atoms with Crippen molar-refractivity contribution in [2.45, 2.75) is 33.3 Å². The lowest BCUT2D eigenvalue weighted by molar-refractivity contribution is 0.00690. The molecule has 0 unspecified atom stereocenters. The molecule has 0 aliphatic rings. The van der Waals surface area contributed by atoms with E-state index in [1.807, 2.05) is 58.0 Å². The summed E-state index contributed by atoms with van der Waals surface area (Å²) in [5, 5.41) is 0. The van der Waals surface area contributed by atoms with Gasteiger partial charge in [0.1, 0.15) is 5.60 Å². The first-order valence-corrected chi connectivity index (χ1v) is 7.25. The van der Waals surface area contributed by atoms with E-state index in [4.69, 9.17) is 4.74 Å². The van der Waals surface area contributed by atoms with Crippen LogP contribution in [0.4, 0.5) is 0 Å². The van der Waals surface area contributed by atoms with Gasteiger partial charge in [-0.05, 0) is 39.8 Å². The molecule has 0 aliphatic carbocycles. The van der Waals surface area contributed by atoms with Crippen molar-refractivity contribution in [1.82, 2.24) is 4.98 Å². The molecule has 4 heteroatoms. The number of hydrogen-bond acceptors (Lipinski definition) is 2. The smallest absolute Gasteiger partial charge is 0.340 e.